The first-order valence-corrected chi connectivity index (χ1v) is 44.4. The zero-order valence-corrected chi connectivity index (χ0v) is 79.7. The van der Waals surface area contributed by atoms with Crippen LogP contribution in [0.4, 0.5) is 40.2 Å². The Morgan fingerprint density at radius 3 is 1.16 bits per heavy atom. The van der Waals surface area contributed by atoms with Crippen LogP contribution in [0.5, 0.6) is 0 Å². The smallest absolute Gasteiger partial charge is 0.510 e. The van der Waals surface area contributed by atoms with Crippen LogP contribution in [0.25, 0.3) is 133 Å². The molecule has 0 N–H and O–H groups in total. The van der Waals surface area contributed by atoms with E-state index < -0.39 is 0 Å². The van der Waals surface area contributed by atoms with Crippen molar-refractivity contribution in [2.75, 3.05) is 26.4 Å². The van der Waals surface area contributed by atoms with Crippen LogP contribution in [-0.2, 0) is 60.3 Å². The Balaban J connectivity index is 0.0000000961. The van der Waals surface area contributed by atoms with Crippen LogP contribution in [0.3, 0.4) is 0 Å². The van der Waals surface area contributed by atoms with Gasteiger partial charge in [-0.2, -0.15) is 125 Å². The number of anilines is 7. The average Bonchev–Trinajstić information content (AvgIpc) is 1.64. The molecule has 7 aliphatic rings. The molecule has 0 saturated heterocycles. The van der Waals surface area contributed by atoms with E-state index in [0.717, 1.165) is 95.2 Å². The van der Waals surface area contributed by atoms with Gasteiger partial charge in [-0.15, -0.1) is 87.6 Å². The van der Waals surface area contributed by atoms with E-state index in [-0.39, 0.29) is 80.9 Å². The van der Waals surface area contributed by atoms with Gasteiger partial charge in [0, 0.05) is 114 Å². The van der Waals surface area contributed by atoms with Gasteiger partial charge in [0.25, 0.3) is 20.5 Å². The fraction of sp³-hybridized carbons (Fsp3) is 0.00870. The molecular formula is C115H74B3Ir3N14-4. The van der Waals surface area contributed by atoms with Crippen LogP contribution in [0.2, 0.25) is 0 Å². The molecule has 0 fully saturated rings. The molecular weight excluding hydrogens is 2190 g/mol. The Hall–Kier alpha value is -15.3. The summed E-state index contributed by atoms with van der Waals surface area (Å²) in [6.45, 7) is 2.30. The quantitative estimate of drug-likeness (QED) is 0.0945. The summed E-state index contributed by atoms with van der Waals surface area (Å²) in [4.78, 5) is 20.3. The number of aromatic nitrogens is 9. The maximum Gasteiger partial charge on any atom is 3.00 e. The van der Waals surface area contributed by atoms with Crippen LogP contribution in [0, 0.1) is 43.1 Å². The van der Waals surface area contributed by atoms with Crippen LogP contribution in [0.15, 0.2) is 425 Å². The standard InChI is InChI=1S/3C25H15BN3.C15H9N2.C15H10N.C10H10N2.3Ir/c3*1-4-12-20-17(9-1)18-10-3-7-15-23(18)28-25-19-11-2-6-14-22(19)27-29(25)24-16-8-5-13-21(24)26(20)28;1-2-7-13-11(5-1)12-6-3-4-8-14(12)17-10-9-16-15(13)17;1-2-7-13(8-3-1)15-14-9-5-4-6-12(14)10-11-16-15;1-11-7-8-12(9-11)10-5-3-2-4-6-10;;;/h3*1-15H;1-6,8-10H;1-7,9-11H;2-5,7-9H,1H3;;;/q5*-1;-2;;;+3. The molecule has 0 amide bonds. The molecule has 6 aromatic heterocycles. The molecule has 135 heavy (non-hydrogen) atoms. The maximum atomic E-state index is 4.96. The third kappa shape index (κ3) is 14.4. The van der Waals surface area contributed by atoms with Gasteiger partial charge in [-0.05, 0) is 142 Å². The fourth-order valence-corrected chi connectivity index (χ4v) is 20.3. The molecule has 30 rings (SSSR count). The van der Waals surface area contributed by atoms with E-state index in [0.29, 0.717) is 0 Å². The fourth-order valence-electron chi connectivity index (χ4n) is 20.3. The third-order valence-electron chi connectivity index (χ3n) is 25.9. The van der Waals surface area contributed by atoms with Crippen molar-refractivity contribution in [2.45, 2.75) is 0 Å². The molecule has 14 nitrogen and oxygen atoms in total. The van der Waals surface area contributed by atoms with Crippen molar-refractivity contribution < 1.29 is 60.3 Å². The minimum absolute atomic E-state index is 0. The Morgan fingerprint density at radius 1 is 0.304 bits per heavy atom. The Morgan fingerprint density at radius 2 is 0.689 bits per heavy atom. The first-order chi connectivity index (χ1) is 65.5. The predicted molar refractivity (Wildman–Crippen MR) is 541 cm³/mol. The van der Waals surface area contributed by atoms with E-state index >= 15 is 0 Å². The van der Waals surface area contributed by atoms with Gasteiger partial charge in [0.05, 0.1) is 22.2 Å². The number of benzene rings is 17. The summed E-state index contributed by atoms with van der Waals surface area (Å²) in [6, 6.07) is 157. The number of fused-ring (bicyclic) bond motifs is 46. The first kappa shape index (κ1) is 85.1. The molecule has 7 aliphatic heterocycles. The predicted octanol–water partition coefficient (Wildman–Crippen LogP) is 21.2. The molecule has 0 aliphatic carbocycles. The number of rotatable bonds is 2. The topological polar surface area (TPSA) is 99.8 Å². The molecule has 17 aromatic carbocycles. The first-order valence-electron chi connectivity index (χ1n) is 44.4. The number of hydrogen-bond donors (Lipinski definition) is 0. The SMILES string of the molecule is CN1C=CN(c2[c-]cccc2)[CH-]1.[Ir+3].[Ir].[Ir].[c-]1cccc2c1-n1nc3ccccc3c1N1B2c2ccccc2-c2ccccc21.[c-]1cccc2c1-n1nc3ccccc3c1N1B2c2ccccc2-c2ccccc21.[c-]1cccc2c1-n1nc3ccccc3c1N1B2c2ccccc2-c2ccccc21.[c-]1cccc2c1c1nccn1c1ccccc21.[c-]1ccccc1-c1nccc2ccccc12. The van der Waals surface area contributed by atoms with E-state index in [2.05, 4.69) is 358 Å². The van der Waals surface area contributed by atoms with E-state index in [1.54, 1.807) is 0 Å². The molecule has 0 spiro atoms. The zero-order chi connectivity index (χ0) is 87.3. The average molecular weight is 2260 g/mol. The summed E-state index contributed by atoms with van der Waals surface area (Å²) < 4.78 is 8.33. The molecule has 644 valence electrons. The number of pyridine rings is 2. The van der Waals surface area contributed by atoms with Crippen molar-refractivity contribution in [3.05, 3.63) is 468 Å². The van der Waals surface area contributed by atoms with Crippen molar-refractivity contribution in [1.29, 1.82) is 0 Å². The van der Waals surface area contributed by atoms with Gasteiger partial charge in [-0.3, -0.25) is 4.98 Å². The zero-order valence-electron chi connectivity index (χ0n) is 72.5. The van der Waals surface area contributed by atoms with Gasteiger partial charge in [0.15, 0.2) is 0 Å². The van der Waals surface area contributed by atoms with Crippen molar-refractivity contribution in [1.82, 2.24) is 48.6 Å². The van der Waals surface area contributed by atoms with E-state index in [1.165, 1.54) is 110 Å². The number of para-hydroxylation sites is 8. The minimum atomic E-state index is 0. The number of nitrogens with zero attached hydrogens (tertiary/aromatic N) is 14. The molecule has 2 radical (unpaired) electrons. The van der Waals surface area contributed by atoms with Crippen molar-refractivity contribution >= 4 is 164 Å². The van der Waals surface area contributed by atoms with Crippen LogP contribution >= 0.6 is 0 Å². The second-order valence-electron chi connectivity index (χ2n) is 33.3. The van der Waals surface area contributed by atoms with Crippen molar-refractivity contribution in [3.8, 4) is 61.7 Å². The van der Waals surface area contributed by atoms with Crippen molar-refractivity contribution in [3.63, 3.8) is 0 Å². The van der Waals surface area contributed by atoms with E-state index in [1.807, 2.05) is 170 Å². The normalized spacial score (nSPS) is 12.7. The van der Waals surface area contributed by atoms with Gasteiger partial charge in [-0.25, -0.2) is 14.0 Å². The monoisotopic (exact) mass is 2260 g/mol. The molecule has 20 heteroatoms. The second-order valence-corrected chi connectivity index (χ2v) is 33.3. The van der Waals surface area contributed by atoms with Gasteiger partial charge in [0.1, 0.15) is 17.5 Å². The van der Waals surface area contributed by atoms with Gasteiger partial charge >= 0.3 is 20.1 Å². The largest absolute Gasteiger partial charge is 3.00 e. The molecule has 0 unspecified atom stereocenters. The Labute approximate surface area is 822 Å². The van der Waals surface area contributed by atoms with Crippen LogP contribution < -0.4 is 52.1 Å². The van der Waals surface area contributed by atoms with Gasteiger partial charge in [-0.1, -0.05) is 228 Å². The summed E-state index contributed by atoms with van der Waals surface area (Å²) in [5.74, 6) is 3.34. The summed E-state index contributed by atoms with van der Waals surface area (Å²) in [5, 5.41) is 24.3. The maximum absolute atomic E-state index is 4.96. The van der Waals surface area contributed by atoms with Gasteiger partial charge in [0.2, 0.25) is 0 Å². The van der Waals surface area contributed by atoms with Crippen LogP contribution in [-0.4, -0.2) is 76.2 Å². The van der Waals surface area contributed by atoms with E-state index in [9.17, 15) is 0 Å². The van der Waals surface area contributed by atoms with Crippen molar-refractivity contribution in [2.24, 2.45) is 0 Å². The molecule has 13 heterocycles. The molecule has 0 atom stereocenters. The summed E-state index contributed by atoms with van der Waals surface area (Å²) in [5.41, 5.74) is 30.4. The Bertz CT molecular complexity index is 7900. The van der Waals surface area contributed by atoms with Gasteiger partial charge < -0.3 is 33.6 Å². The molecule has 0 saturated carbocycles. The summed E-state index contributed by atoms with van der Waals surface area (Å²) >= 11 is 0. The van der Waals surface area contributed by atoms with E-state index in [4.69, 9.17) is 15.3 Å². The minimum Gasteiger partial charge on any atom is -0.510 e. The summed E-state index contributed by atoms with van der Waals surface area (Å²) in [6.07, 6.45) is 9.69. The second kappa shape index (κ2) is 36.0. The molecule has 23 aromatic rings. The number of hydrogen-bond acceptors (Lipinski definition) is 10. The number of imidazole rings is 1. The third-order valence-corrected chi connectivity index (χ3v) is 25.9. The molecule has 0 bridgehead atoms. The Kier molecular flexibility index (Phi) is 22.7. The van der Waals surface area contributed by atoms with Crippen LogP contribution in [0.1, 0.15) is 0 Å². The summed E-state index contributed by atoms with van der Waals surface area (Å²) in [7, 11) is 2.00.